The highest BCUT2D eigenvalue weighted by molar-refractivity contribution is 5.66. The molecule has 4 aliphatic rings. The van der Waals surface area contributed by atoms with Crippen molar-refractivity contribution in [2.75, 3.05) is 0 Å². The van der Waals surface area contributed by atoms with Crippen molar-refractivity contribution >= 4 is 5.97 Å². The summed E-state index contributed by atoms with van der Waals surface area (Å²) in [6, 6.07) is 0. The van der Waals surface area contributed by atoms with E-state index in [4.69, 9.17) is 5.11 Å². The van der Waals surface area contributed by atoms with E-state index < -0.39 is 12.1 Å². The Morgan fingerprint density at radius 2 is 1.76 bits per heavy atom. The van der Waals surface area contributed by atoms with Crippen LogP contribution in [0.5, 0.6) is 0 Å². The number of hydrogen-bond acceptors (Lipinski definition) is 4. The molecule has 0 bridgehead atoms. The molecule has 4 saturated carbocycles. The van der Waals surface area contributed by atoms with Gasteiger partial charge in [0, 0.05) is 6.42 Å². The molecule has 1 unspecified atom stereocenters. The van der Waals surface area contributed by atoms with Crippen LogP contribution in [0.3, 0.4) is 0 Å². The summed E-state index contributed by atoms with van der Waals surface area (Å²) in [6.07, 6.45) is 6.00. The third-order valence-electron chi connectivity index (χ3n) is 10.3. The van der Waals surface area contributed by atoms with Crippen molar-refractivity contribution in [3.63, 3.8) is 0 Å². The van der Waals surface area contributed by atoms with Gasteiger partial charge < -0.3 is 20.4 Å². The number of carboxylic acid groups (broad SMARTS) is 1. The van der Waals surface area contributed by atoms with Gasteiger partial charge in [-0.3, -0.25) is 4.79 Å². The van der Waals surface area contributed by atoms with Gasteiger partial charge in [0.2, 0.25) is 0 Å². The fourth-order valence-electron chi connectivity index (χ4n) is 8.68. The smallest absolute Gasteiger partial charge is 0.303 e. The summed E-state index contributed by atoms with van der Waals surface area (Å²) in [4.78, 5) is 11.1. The molecule has 11 atom stereocenters. The standard InChI is InChI=1S/C24H40O5/c1-13(4-7-21(28)29)16-5-6-17-22-18(12-20(27)24(16,17)3)23(2)9-8-15(25)10-14(23)11-19(22)26/h13-20,22,25-27H,4-12H2,1-3H3,(H,28,29)/t13?,14-,15+,16+,17-,18-,19+,20+,22-,23-,24+/m0/s1. The summed E-state index contributed by atoms with van der Waals surface area (Å²) in [7, 11) is 0. The maximum atomic E-state index is 11.5. The summed E-state index contributed by atoms with van der Waals surface area (Å²) < 4.78 is 0. The second-order valence-corrected chi connectivity index (χ2v) is 11.4. The number of hydrogen-bond donors (Lipinski definition) is 4. The molecule has 0 aromatic heterocycles. The average molecular weight is 409 g/mol. The number of rotatable bonds is 4. The van der Waals surface area contributed by atoms with Gasteiger partial charge in [-0.25, -0.2) is 0 Å². The van der Waals surface area contributed by atoms with Gasteiger partial charge >= 0.3 is 5.97 Å². The molecular formula is C24H40O5. The van der Waals surface area contributed by atoms with E-state index in [1.807, 2.05) is 0 Å². The third kappa shape index (κ3) is 3.27. The van der Waals surface area contributed by atoms with Gasteiger partial charge in [0.1, 0.15) is 0 Å². The number of aliphatic carboxylic acids is 1. The maximum absolute atomic E-state index is 11.5. The van der Waals surface area contributed by atoms with E-state index in [0.717, 1.165) is 44.9 Å². The van der Waals surface area contributed by atoms with Crippen molar-refractivity contribution in [1.82, 2.24) is 0 Å². The molecule has 29 heavy (non-hydrogen) atoms. The molecule has 0 aromatic rings. The van der Waals surface area contributed by atoms with E-state index in [2.05, 4.69) is 20.8 Å². The number of aliphatic hydroxyl groups is 3. The van der Waals surface area contributed by atoms with Crippen molar-refractivity contribution < 1.29 is 25.2 Å². The van der Waals surface area contributed by atoms with Crippen LogP contribution in [-0.4, -0.2) is 44.7 Å². The number of aliphatic hydroxyl groups excluding tert-OH is 3. The van der Waals surface area contributed by atoms with Crippen molar-refractivity contribution in [2.45, 2.75) is 96.9 Å². The molecule has 4 aliphatic carbocycles. The second-order valence-electron chi connectivity index (χ2n) is 11.4. The van der Waals surface area contributed by atoms with E-state index in [-0.39, 0.29) is 41.3 Å². The average Bonchev–Trinajstić information content (AvgIpc) is 3.01. The Morgan fingerprint density at radius 1 is 1.03 bits per heavy atom. The molecule has 0 heterocycles. The third-order valence-corrected chi connectivity index (χ3v) is 10.3. The van der Waals surface area contributed by atoms with Crippen LogP contribution >= 0.6 is 0 Å². The molecule has 0 aliphatic heterocycles. The number of fused-ring (bicyclic) bond motifs is 5. The highest BCUT2D eigenvalue weighted by Gasteiger charge is 2.65. The molecule has 4 rings (SSSR count). The van der Waals surface area contributed by atoms with Crippen LogP contribution in [0.2, 0.25) is 0 Å². The minimum absolute atomic E-state index is 0.0957. The molecule has 0 saturated heterocycles. The first kappa shape index (κ1) is 21.6. The predicted molar refractivity (Wildman–Crippen MR) is 110 cm³/mol. The Hall–Kier alpha value is -0.650. The van der Waals surface area contributed by atoms with Crippen LogP contribution in [0.25, 0.3) is 0 Å². The first-order valence-electron chi connectivity index (χ1n) is 11.8. The first-order chi connectivity index (χ1) is 13.6. The van der Waals surface area contributed by atoms with Crippen molar-refractivity contribution in [2.24, 2.45) is 46.3 Å². The van der Waals surface area contributed by atoms with Crippen molar-refractivity contribution in [1.29, 1.82) is 0 Å². The summed E-state index contributed by atoms with van der Waals surface area (Å²) in [5, 5.41) is 42.0. The highest BCUT2D eigenvalue weighted by Crippen LogP contribution is 2.68. The molecule has 0 radical (unpaired) electrons. The Morgan fingerprint density at radius 3 is 2.45 bits per heavy atom. The quantitative estimate of drug-likeness (QED) is 0.571. The molecule has 5 heteroatoms. The van der Waals surface area contributed by atoms with Crippen LogP contribution in [0.4, 0.5) is 0 Å². The zero-order valence-corrected chi connectivity index (χ0v) is 18.3. The highest BCUT2D eigenvalue weighted by atomic mass is 16.4. The maximum Gasteiger partial charge on any atom is 0.303 e. The van der Waals surface area contributed by atoms with Crippen LogP contribution in [0.15, 0.2) is 0 Å². The molecule has 0 spiro atoms. The van der Waals surface area contributed by atoms with E-state index >= 15 is 0 Å². The molecule has 0 aromatic carbocycles. The zero-order valence-electron chi connectivity index (χ0n) is 18.3. The van der Waals surface area contributed by atoms with E-state index in [0.29, 0.717) is 30.1 Å². The SMILES string of the molecule is CC(CCC(=O)O)[C@H]1CC[C@H]2[C@@H]3[C@H](O)C[C@@H]4C[C@H](O)CC[C@]4(C)[C@H]3C[C@@H](O)[C@]12C. The van der Waals surface area contributed by atoms with Crippen molar-refractivity contribution in [3.8, 4) is 0 Å². The normalized spacial score (nSPS) is 52.9. The number of carboxylic acids is 1. The van der Waals surface area contributed by atoms with Crippen LogP contribution in [-0.2, 0) is 4.79 Å². The lowest BCUT2D eigenvalue weighted by molar-refractivity contribution is -0.207. The zero-order chi connectivity index (χ0) is 21.1. The monoisotopic (exact) mass is 408 g/mol. The van der Waals surface area contributed by atoms with E-state index in [1.165, 1.54) is 0 Å². The minimum Gasteiger partial charge on any atom is -0.481 e. The van der Waals surface area contributed by atoms with Gasteiger partial charge in [-0.15, -0.1) is 0 Å². The lowest BCUT2D eigenvalue weighted by atomic mass is 9.43. The van der Waals surface area contributed by atoms with Gasteiger partial charge in [0.05, 0.1) is 18.3 Å². The van der Waals surface area contributed by atoms with Gasteiger partial charge in [-0.1, -0.05) is 20.8 Å². The van der Waals surface area contributed by atoms with Crippen molar-refractivity contribution in [3.05, 3.63) is 0 Å². The van der Waals surface area contributed by atoms with Gasteiger partial charge in [0.25, 0.3) is 0 Å². The van der Waals surface area contributed by atoms with E-state index in [9.17, 15) is 20.1 Å². The predicted octanol–water partition coefficient (Wildman–Crippen LogP) is 3.45. The fourth-order valence-corrected chi connectivity index (χ4v) is 8.68. The summed E-state index contributed by atoms with van der Waals surface area (Å²) >= 11 is 0. The Kier molecular flexibility index (Phi) is 5.57. The molecule has 5 nitrogen and oxygen atoms in total. The minimum atomic E-state index is -0.748. The van der Waals surface area contributed by atoms with Gasteiger partial charge in [-0.2, -0.15) is 0 Å². The Balaban J connectivity index is 1.61. The fraction of sp³-hybridized carbons (Fsp3) is 0.958. The summed E-state index contributed by atoms with van der Waals surface area (Å²) in [6.45, 7) is 6.72. The molecule has 166 valence electrons. The second kappa shape index (κ2) is 7.49. The summed E-state index contributed by atoms with van der Waals surface area (Å²) in [5.41, 5.74) is -0.143. The first-order valence-corrected chi connectivity index (χ1v) is 11.8. The van der Waals surface area contributed by atoms with Crippen LogP contribution in [0.1, 0.15) is 78.6 Å². The molecule has 0 amide bonds. The Labute approximate surface area is 174 Å². The molecule has 4 N–H and O–H groups in total. The Bertz CT molecular complexity index is 637. The lowest BCUT2D eigenvalue weighted by Gasteiger charge is -2.63. The topological polar surface area (TPSA) is 98.0 Å². The summed E-state index contributed by atoms with van der Waals surface area (Å²) in [5.74, 6) is 0.997. The van der Waals surface area contributed by atoms with Crippen LogP contribution in [0, 0.1) is 46.3 Å². The van der Waals surface area contributed by atoms with E-state index in [1.54, 1.807) is 0 Å². The molecule has 4 fully saturated rings. The van der Waals surface area contributed by atoms with Gasteiger partial charge in [0.15, 0.2) is 0 Å². The largest absolute Gasteiger partial charge is 0.481 e. The molecular weight excluding hydrogens is 368 g/mol. The van der Waals surface area contributed by atoms with Crippen LogP contribution < -0.4 is 0 Å². The lowest BCUT2D eigenvalue weighted by Crippen LogP contribution is -2.62. The number of carbonyl (C=O) groups is 1. The van der Waals surface area contributed by atoms with Gasteiger partial charge in [-0.05, 0) is 97.7 Å².